The molecule has 1 saturated heterocycles. The molecule has 0 atom stereocenters. The summed E-state index contributed by atoms with van der Waals surface area (Å²) in [5.41, 5.74) is 6.50. The van der Waals surface area contributed by atoms with Gasteiger partial charge in [-0.2, -0.15) is 0 Å². The van der Waals surface area contributed by atoms with Gasteiger partial charge in [0, 0.05) is 44.5 Å². The molecule has 1 rings (SSSR count). The number of nitrogens with zero attached hydrogens (tertiary/aromatic N) is 2. The monoisotopic (exact) mass is 209 g/mol. The normalized spacial score (nSPS) is 19.1. The summed E-state index contributed by atoms with van der Waals surface area (Å²) in [5, 5.41) is 0. The standard InChI is InChI=1S/C12H23N3/c1-11(2)14-7-9-15(10-8-14)12(3)5-4-6-13/h4-5,11H,3,6-10,13H2,1-2H3/b5-4+. The summed E-state index contributed by atoms with van der Waals surface area (Å²) < 4.78 is 0. The van der Waals surface area contributed by atoms with Crippen LogP contribution < -0.4 is 5.73 Å². The van der Waals surface area contributed by atoms with Gasteiger partial charge in [0.1, 0.15) is 0 Å². The maximum atomic E-state index is 5.41. The van der Waals surface area contributed by atoms with Crippen molar-refractivity contribution in [3.8, 4) is 0 Å². The molecule has 3 nitrogen and oxygen atoms in total. The van der Waals surface area contributed by atoms with Crippen molar-refractivity contribution in [2.75, 3.05) is 32.7 Å². The Hall–Kier alpha value is -0.800. The molecule has 3 heteroatoms. The van der Waals surface area contributed by atoms with E-state index in [2.05, 4.69) is 30.2 Å². The summed E-state index contributed by atoms with van der Waals surface area (Å²) in [6.45, 7) is 13.6. The first kappa shape index (κ1) is 12.3. The van der Waals surface area contributed by atoms with Gasteiger partial charge >= 0.3 is 0 Å². The molecule has 0 unspecified atom stereocenters. The van der Waals surface area contributed by atoms with Gasteiger partial charge in [0.25, 0.3) is 0 Å². The van der Waals surface area contributed by atoms with Crippen LogP contribution in [0, 0.1) is 0 Å². The fourth-order valence-corrected chi connectivity index (χ4v) is 1.84. The van der Waals surface area contributed by atoms with Gasteiger partial charge in [0.15, 0.2) is 0 Å². The molecule has 0 aromatic rings. The van der Waals surface area contributed by atoms with Crippen molar-refractivity contribution in [3.63, 3.8) is 0 Å². The fraction of sp³-hybridized carbons (Fsp3) is 0.667. The highest BCUT2D eigenvalue weighted by molar-refractivity contribution is 5.14. The zero-order chi connectivity index (χ0) is 11.3. The first-order valence-electron chi connectivity index (χ1n) is 5.69. The van der Waals surface area contributed by atoms with Crippen molar-refractivity contribution in [2.24, 2.45) is 5.73 Å². The first-order chi connectivity index (χ1) is 7.15. The van der Waals surface area contributed by atoms with Gasteiger partial charge in [-0.05, 0) is 19.9 Å². The van der Waals surface area contributed by atoms with E-state index in [1.165, 1.54) is 0 Å². The lowest BCUT2D eigenvalue weighted by Crippen LogP contribution is -2.48. The van der Waals surface area contributed by atoms with E-state index in [9.17, 15) is 0 Å². The third-order valence-electron chi connectivity index (χ3n) is 2.90. The van der Waals surface area contributed by atoms with Crippen molar-refractivity contribution in [1.29, 1.82) is 0 Å². The Labute approximate surface area is 93.2 Å². The van der Waals surface area contributed by atoms with Crippen molar-refractivity contribution in [2.45, 2.75) is 19.9 Å². The highest BCUT2D eigenvalue weighted by Gasteiger charge is 2.18. The van der Waals surface area contributed by atoms with Crippen LogP contribution in [0.15, 0.2) is 24.4 Å². The van der Waals surface area contributed by atoms with Gasteiger partial charge in [-0.1, -0.05) is 12.7 Å². The molecule has 1 aliphatic rings. The smallest absolute Gasteiger partial charge is 0.0306 e. The largest absolute Gasteiger partial charge is 0.369 e. The lowest BCUT2D eigenvalue weighted by molar-refractivity contribution is 0.133. The quantitative estimate of drug-likeness (QED) is 0.702. The Balaban J connectivity index is 2.37. The number of hydrogen-bond donors (Lipinski definition) is 1. The summed E-state index contributed by atoms with van der Waals surface area (Å²) >= 11 is 0. The third-order valence-corrected chi connectivity index (χ3v) is 2.90. The molecule has 1 fully saturated rings. The van der Waals surface area contributed by atoms with Crippen LogP contribution in [0.2, 0.25) is 0 Å². The number of nitrogens with two attached hydrogens (primary N) is 1. The second-order valence-electron chi connectivity index (χ2n) is 4.25. The van der Waals surface area contributed by atoms with Crippen LogP contribution in [0.5, 0.6) is 0 Å². The van der Waals surface area contributed by atoms with Crippen LogP contribution in [0.25, 0.3) is 0 Å². The summed E-state index contributed by atoms with van der Waals surface area (Å²) in [7, 11) is 0. The van der Waals surface area contributed by atoms with Gasteiger partial charge in [-0.15, -0.1) is 0 Å². The zero-order valence-electron chi connectivity index (χ0n) is 9.95. The average molecular weight is 209 g/mol. The van der Waals surface area contributed by atoms with Gasteiger partial charge < -0.3 is 10.6 Å². The van der Waals surface area contributed by atoms with Gasteiger partial charge in [-0.25, -0.2) is 0 Å². The molecule has 0 aliphatic carbocycles. The highest BCUT2D eigenvalue weighted by atomic mass is 15.3. The van der Waals surface area contributed by atoms with Crippen LogP contribution >= 0.6 is 0 Å². The zero-order valence-corrected chi connectivity index (χ0v) is 9.95. The minimum Gasteiger partial charge on any atom is -0.369 e. The Morgan fingerprint density at radius 2 is 1.93 bits per heavy atom. The van der Waals surface area contributed by atoms with Gasteiger partial charge in [-0.3, -0.25) is 4.90 Å². The van der Waals surface area contributed by atoms with Crippen LogP contribution in [0.3, 0.4) is 0 Å². The molecule has 0 spiro atoms. The minimum atomic E-state index is 0.588. The molecule has 86 valence electrons. The third kappa shape index (κ3) is 3.68. The predicted molar refractivity (Wildman–Crippen MR) is 65.6 cm³/mol. The maximum absolute atomic E-state index is 5.41. The molecule has 2 N–H and O–H groups in total. The molecule has 1 aliphatic heterocycles. The van der Waals surface area contributed by atoms with E-state index in [1.807, 2.05) is 12.2 Å². The summed E-state index contributed by atoms with van der Waals surface area (Å²) in [6.07, 6.45) is 3.97. The van der Waals surface area contributed by atoms with E-state index in [-0.39, 0.29) is 0 Å². The molecule has 0 aromatic carbocycles. The van der Waals surface area contributed by atoms with Crippen LogP contribution in [-0.4, -0.2) is 48.6 Å². The molecule has 0 radical (unpaired) electrons. The Bertz CT molecular complexity index is 225. The van der Waals surface area contributed by atoms with Crippen molar-refractivity contribution >= 4 is 0 Å². The number of piperazine rings is 1. The topological polar surface area (TPSA) is 32.5 Å². The summed E-state index contributed by atoms with van der Waals surface area (Å²) in [5.74, 6) is 0. The van der Waals surface area contributed by atoms with Crippen molar-refractivity contribution < 1.29 is 0 Å². The van der Waals surface area contributed by atoms with Crippen LogP contribution in [0.4, 0.5) is 0 Å². The molecular formula is C12H23N3. The van der Waals surface area contributed by atoms with Crippen molar-refractivity contribution in [3.05, 3.63) is 24.4 Å². The Kier molecular flexibility index (Phi) is 4.85. The van der Waals surface area contributed by atoms with E-state index in [0.717, 1.165) is 31.9 Å². The Morgan fingerprint density at radius 1 is 1.33 bits per heavy atom. The maximum Gasteiger partial charge on any atom is 0.0306 e. The minimum absolute atomic E-state index is 0.588. The molecule has 1 heterocycles. The molecular weight excluding hydrogens is 186 g/mol. The number of allylic oxidation sites excluding steroid dienone is 1. The highest BCUT2D eigenvalue weighted by Crippen LogP contribution is 2.10. The second kappa shape index (κ2) is 5.93. The van der Waals surface area contributed by atoms with E-state index in [1.54, 1.807) is 0 Å². The van der Waals surface area contributed by atoms with Gasteiger partial charge in [0.05, 0.1) is 0 Å². The number of rotatable bonds is 4. The lowest BCUT2D eigenvalue weighted by atomic mass is 10.2. The molecule has 15 heavy (non-hydrogen) atoms. The van der Waals surface area contributed by atoms with Crippen LogP contribution in [0.1, 0.15) is 13.8 Å². The summed E-state index contributed by atoms with van der Waals surface area (Å²) in [6, 6.07) is 0.653. The van der Waals surface area contributed by atoms with E-state index in [4.69, 9.17) is 5.73 Å². The lowest BCUT2D eigenvalue weighted by Gasteiger charge is -2.38. The van der Waals surface area contributed by atoms with E-state index < -0.39 is 0 Å². The van der Waals surface area contributed by atoms with Crippen molar-refractivity contribution in [1.82, 2.24) is 9.80 Å². The first-order valence-corrected chi connectivity index (χ1v) is 5.69. The van der Waals surface area contributed by atoms with E-state index in [0.29, 0.717) is 12.6 Å². The SMILES string of the molecule is C=C(/C=C/CN)N1CCN(C(C)C)CC1. The van der Waals surface area contributed by atoms with Gasteiger partial charge in [0.2, 0.25) is 0 Å². The summed E-state index contributed by atoms with van der Waals surface area (Å²) in [4.78, 5) is 4.82. The van der Waals surface area contributed by atoms with E-state index >= 15 is 0 Å². The predicted octanol–water partition coefficient (Wildman–Crippen LogP) is 1.04. The fourth-order valence-electron chi connectivity index (χ4n) is 1.84. The molecule has 0 aromatic heterocycles. The second-order valence-corrected chi connectivity index (χ2v) is 4.25. The Morgan fingerprint density at radius 3 is 2.40 bits per heavy atom. The molecule has 0 amide bonds. The molecule has 0 saturated carbocycles. The molecule has 0 bridgehead atoms. The van der Waals surface area contributed by atoms with Crippen LogP contribution in [-0.2, 0) is 0 Å². The average Bonchev–Trinajstić information content (AvgIpc) is 2.26. The number of hydrogen-bond acceptors (Lipinski definition) is 3.